The second kappa shape index (κ2) is 7.56. The van der Waals surface area contributed by atoms with E-state index in [0.29, 0.717) is 13.1 Å². The number of rotatable bonds is 5. The first-order valence-electron chi connectivity index (χ1n) is 7.96. The van der Waals surface area contributed by atoms with Crippen LogP contribution in [0, 0.1) is 10.1 Å². The van der Waals surface area contributed by atoms with Gasteiger partial charge in [0.05, 0.1) is 9.82 Å². The summed E-state index contributed by atoms with van der Waals surface area (Å²) in [7, 11) is -3.78. The number of nitro benzene ring substituents is 1. The first-order valence-corrected chi connectivity index (χ1v) is 9.78. The third-order valence-electron chi connectivity index (χ3n) is 4.02. The molecule has 1 aliphatic heterocycles. The van der Waals surface area contributed by atoms with Gasteiger partial charge >= 0.3 is 5.69 Å². The monoisotopic (exact) mass is 397 g/mol. The fraction of sp³-hybridized carbons (Fsp3) is 0.312. The molecule has 1 aromatic heterocycles. The lowest BCUT2D eigenvalue weighted by atomic mass is 10.2. The molecule has 3 rings (SSSR count). The van der Waals surface area contributed by atoms with Crippen molar-refractivity contribution in [3.05, 3.63) is 51.8 Å². The summed E-state index contributed by atoms with van der Waals surface area (Å²) in [6.07, 6.45) is 3.99. The van der Waals surface area contributed by atoms with E-state index in [1.807, 2.05) is 0 Å². The number of piperidine rings is 1. The van der Waals surface area contributed by atoms with Crippen molar-refractivity contribution in [1.29, 1.82) is 0 Å². The molecule has 0 spiro atoms. The Morgan fingerprint density at radius 2 is 1.88 bits per heavy atom. The normalized spacial score (nSPS) is 15.6. The summed E-state index contributed by atoms with van der Waals surface area (Å²) in [5, 5.41) is 11.5. The molecule has 8 nitrogen and oxygen atoms in total. The molecule has 0 amide bonds. The van der Waals surface area contributed by atoms with Crippen LogP contribution in [0.15, 0.2) is 41.4 Å². The van der Waals surface area contributed by atoms with E-state index in [4.69, 9.17) is 16.3 Å². The quantitative estimate of drug-likeness (QED) is 0.433. The van der Waals surface area contributed by atoms with Gasteiger partial charge < -0.3 is 4.74 Å². The average molecular weight is 398 g/mol. The maximum atomic E-state index is 12.7. The number of hydrogen-bond acceptors (Lipinski definition) is 6. The van der Waals surface area contributed by atoms with E-state index in [2.05, 4.69) is 4.98 Å². The van der Waals surface area contributed by atoms with Crippen molar-refractivity contribution >= 4 is 27.3 Å². The van der Waals surface area contributed by atoms with Crippen LogP contribution in [0.5, 0.6) is 11.5 Å². The van der Waals surface area contributed by atoms with E-state index < -0.39 is 20.6 Å². The molecule has 10 heteroatoms. The molecule has 1 saturated heterocycles. The van der Waals surface area contributed by atoms with Crippen molar-refractivity contribution in [3.63, 3.8) is 0 Å². The van der Waals surface area contributed by atoms with Crippen molar-refractivity contribution in [2.45, 2.75) is 24.2 Å². The van der Waals surface area contributed by atoms with Crippen molar-refractivity contribution in [2.75, 3.05) is 13.1 Å². The highest BCUT2D eigenvalue weighted by Crippen LogP contribution is 2.36. The van der Waals surface area contributed by atoms with Gasteiger partial charge in [-0.1, -0.05) is 18.0 Å². The second-order valence-corrected chi connectivity index (χ2v) is 8.04. The van der Waals surface area contributed by atoms with E-state index in [0.717, 1.165) is 25.3 Å². The van der Waals surface area contributed by atoms with E-state index >= 15 is 0 Å². The first kappa shape index (κ1) is 18.6. The van der Waals surface area contributed by atoms with Crippen LogP contribution >= 0.6 is 11.6 Å². The zero-order valence-corrected chi connectivity index (χ0v) is 15.2. The fourth-order valence-electron chi connectivity index (χ4n) is 2.71. The predicted octanol–water partition coefficient (Wildman–Crippen LogP) is 3.61. The molecule has 2 heterocycles. The summed E-state index contributed by atoms with van der Waals surface area (Å²) < 4.78 is 32.3. The Hall–Kier alpha value is -2.23. The van der Waals surface area contributed by atoms with Gasteiger partial charge in [-0.05, 0) is 37.1 Å². The van der Waals surface area contributed by atoms with Crippen LogP contribution in [0.2, 0.25) is 5.15 Å². The average Bonchev–Trinajstić information content (AvgIpc) is 2.64. The number of ether oxygens (including phenoxy) is 1. The number of nitrogens with zero attached hydrogens (tertiary/aromatic N) is 3. The number of hydrogen-bond donors (Lipinski definition) is 0. The van der Waals surface area contributed by atoms with E-state index in [1.54, 1.807) is 6.07 Å². The van der Waals surface area contributed by atoms with E-state index in [9.17, 15) is 18.5 Å². The molecule has 26 heavy (non-hydrogen) atoms. The van der Waals surface area contributed by atoms with Gasteiger partial charge in [-0.25, -0.2) is 13.4 Å². The Morgan fingerprint density at radius 3 is 2.54 bits per heavy atom. The zero-order valence-electron chi connectivity index (χ0n) is 13.7. The third kappa shape index (κ3) is 3.79. The SMILES string of the molecule is O=[N+]([O-])c1cc(S(=O)(=O)N2CCCCC2)ccc1Oc1cccnc1Cl. The van der Waals surface area contributed by atoms with Crippen LogP contribution in [-0.2, 0) is 10.0 Å². The maximum absolute atomic E-state index is 12.7. The number of nitro groups is 1. The Morgan fingerprint density at radius 1 is 1.15 bits per heavy atom. The zero-order chi connectivity index (χ0) is 18.7. The van der Waals surface area contributed by atoms with Crippen molar-refractivity contribution in [1.82, 2.24) is 9.29 Å². The molecular formula is C16H16ClN3O5S. The molecule has 0 atom stereocenters. The topological polar surface area (TPSA) is 103 Å². The summed E-state index contributed by atoms with van der Waals surface area (Å²) in [4.78, 5) is 14.4. The van der Waals surface area contributed by atoms with E-state index in [1.165, 1.54) is 28.7 Å². The van der Waals surface area contributed by atoms with Crippen LogP contribution < -0.4 is 4.74 Å². The lowest BCUT2D eigenvalue weighted by molar-refractivity contribution is -0.385. The Balaban J connectivity index is 1.97. The Bertz CT molecular complexity index is 929. The van der Waals surface area contributed by atoms with Gasteiger partial charge in [-0.3, -0.25) is 10.1 Å². The predicted molar refractivity (Wildman–Crippen MR) is 95.0 cm³/mol. The highest BCUT2D eigenvalue weighted by atomic mass is 35.5. The number of pyridine rings is 1. The van der Waals surface area contributed by atoms with Crippen molar-refractivity contribution in [2.24, 2.45) is 0 Å². The minimum atomic E-state index is -3.78. The molecule has 138 valence electrons. The van der Waals surface area contributed by atoms with Gasteiger partial charge in [0, 0.05) is 25.4 Å². The molecule has 1 fully saturated rings. The summed E-state index contributed by atoms with van der Waals surface area (Å²) in [6.45, 7) is 0.833. The minimum absolute atomic E-state index is 0.0480. The molecular weight excluding hydrogens is 382 g/mol. The molecule has 0 bridgehead atoms. The van der Waals surface area contributed by atoms with Crippen LogP contribution in [0.25, 0.3) is 0 Å². The second-order valence-electron chi connectivity index (χ2n) is 5.75. The van der Waals surface area contributed by atoms with Gasteiger partial charge in [0.1, 0.15) is 0 Å². The van der Waals surface area contributed by atoms with Crippen LogP contribution in [0.1, 0.15) is 19.3 Å². The smallest absolute Gasteiger partial charge is 0.312 e. The molecule has 0 saturated carbocycles. The minimum Gasteiger partial charge on any atom is -0.447 e. The van der Waals surface area contributed by atoms with Gasteiger partial charge in [-0.2, -0.15) is 4.31 Å². The lowest BCUT2D eigenvalue weighted by Crippen LogP contribution is -2.35. The summed E-state index contributed by atoms with van der Waals surface area (Å²) in [5.41, 5.74) is -0.456. The fourth-order valence-corrected chi connectivity index (χ4v) is 4.40. The number of halogens is 1. The summed E-state index contributed by atoms with van der Waals surface area (Å²) >= 11 is 5.90. The standard InChI is InChI=1S/C16H16ClN3O5S/c17-16-15(5-4-8-18-16)25-14-7-6-12(11-13(14)20(21)22)26(23,24)19-9-2-1-3-10-19/h4-8,11H,1-3,9-10H2. The maximum Gasteiger partial charge on any atom is 0.312 e. The van der Waals surface area contributed by atoms with Crippen LogP contribution in [0.4, 0.5) is 5.69 Å². The van der Waals surface area contributed by atoms with Crippen LogP contribution in [0.3, 0.4) is 0 Å². The Labute approximate surface area is 155 Å². The molecule has 0 unspecified atom stereocenters. The molecule has 2 aromatic rings. The van der Waals surface area contributed by atoms with Crippen molar-refractivity contribution in [3.8, 4) is 11.5 Å². The largest absolute Gasteiger partial charge is 0.447 e. The number of sulfonamides is 1. The summed E-state index contributed by atoms with van der Waals surface area (Å²) in [6, 6.07) is 6.66. The van der Waals surface area contributed by atoms with Gasteiger partial charge in [0.25, 0.3) is 0 Å². The van der Waals surface area contributed by atoms with Gasteiger partial charge in [0.15, 0.2) is 10.9 Å². The highest BCUT2D eigenvalue weighted by Gasteiger charge is 2.29. The first-order chi connectivity index (χ1) is 12.4. The lowest BCUT2D eigenvalue weighted by Gasteiger charge is -2.25. The number of benzene rings is 1. The summed E-state index contributed by atoms with van der Waals surface area (Å²) in [5.74, 6) is 0.0337. The number of aromatic nitrogens is 1. The van der Waals surface area contributed by atoms with Crippen molar-refractivity contribution < 1.29 is 18.1 Å². The molecule has 0 aliphatic carbocycles. The molecule has 0 radical (unpaired) electrons. The molecule has 1 aromatic carbocycles. The van der Waals surface area contributed by atoms with Gasteiger partial charge in [0.2, 0.25) is 15.8 Å². The molecule has 0 N–H and O–H groups in total. The Kier molecular flexibility index (Phi) is 5.40. The van der Waals surface area contributed by atoms with E-state index in [-0.39, 0.29) is 21.5 Å². The van der Waals surface area contributed by atoms with Crippen LogP contribution in [-0.4, -0.2) is 35.7 Å². The third-order valence-corrected chi connectivity index (χ3v) is 6.20. The molecule has 1 aliphatic rings. The highest BCUT2D eigenvalue weighted by molar-refractivity contribution is 7.89. The van der Waals surface area contributed by atoms with Gasteiger partial charge in [-0.15, -0.1) is 0 Å².